The number of benzene rings is 1. The summed E-state index contributed by atoms with van der Waals surface area (Å²) in [6.07, 6.45) is 5.18. The van der Waals surface area contributed by atoms with Gasteiger partial charge in [0.05, 0.1) is 19.6 Å². The Balaban J connectivity index is 1.62. The SMILES string of the molecule is FC(F)Sc1ccc(NC(=S)NCCC[NH+]2CCCCC2)cc1. The maximum absolute atomic E-state index is 12.3. The quantitative estimate of drug-likeness (QED) is 0.396. The van der Waals surface area contributed by atoms with Gasteiger partial charge < -0.3 is 15.5 Å². The zero-order chi connectivity index (χ0) is 16.5. The number of nitrogens with one attached hydrogen (secondary N) is 3. The number of anilines is 1. The van der Waals surface area contributed by atoms with Crippen LogP contribution in [0.5, 0.6) is 0 Å². The number of hydrogen-bond donors (Lipinski definition) is 3. The van der Waals surface area contributed by atoms with Crippen LogP contribution in [0.1, 0.15) is 25.7 Å². The number of thioether (sulfide) groups is 1. The van der Waals surface area contributed by atoms with Crippen molar-refractivity contribution in [2.75, 3.05) is 31.5 Å². The van der Waals surface area contributed by atoms with Gasteiger partial charge in [0, 0.05) is 23.5 Å². The molecule has 1 aliphatic heterocycles. The van der Waals surface area contributed by atoms with E-state index in [0.29, 0.717) is 21.8 Å². The minimum absolute atomic E-state index is 0.544. The molecule has 0 spiro atoms. The zero-order valence-corrected chi connectivity index (χ0v) is 14.7. The van der Waals surface area contributed by atoms with E-state index in [-0.39, 0.29) is 0 Å². The molecule has 7 heteroatoms. The van der Waals surface area contributed by atoms with Crippen molar-refractivity contribution in [1.29, 1.82) is 0 Å². The van der Waals surface area contributed by atoms with Gasteiger partial charge in [-0.25, -0.2) is 0 Å². The molecule has 0 bridgehead atoms. The van der Waals surface area contributed by atoms with Crippen molar-refractivity contribution in [2.24, 2.45) is 0 Å². The molecular weight excluding hydrogens is 336 g/mol. The van der Waals surface area contributed by atoms with Crippen LogP contribution in [0.25, 0.3) is 0 Å². The molecule has 0 aliphatic carbocycles. The average molecular weight is 361 g/mol. The lowest BCUT2D eigenvalue weighted by Crippen LogP contribution is -3.12. The third kappa shape index (κ3) is 7.46. The third-order valence-electron chi connectivity index (χ3n) is 3.89. The van der Waals surface area contributed by atoms with Gasteiger partial charge in [-0.15, -0.1) is 0 Å². The second-order valence-electron chi connectivity index (χ2n) is 5.70. The largest absolute Gasteiger partial charge is 0.362 e. The highest BCUT2D eigenvalue weighted by atomic mass is 32.2. The number of quaternary nitrogens is 1. The van der Waals surface area contributed by atoms with Crippen molar-refractivity contribution >= 4 is 34.8 Å². The second kappa shape index (κ2) is 10.1. The van der Waals surface area contributed by atoms with Gasteiger partial charge in [-0.3, -0.25) is 0 Å². The lowest BCUT2D eigenvalue weighted by Gasteiger charge is -2.23. The van der Waals surface area contributed by atoms with Gasteiger partial charge >= 0.3 is 0 Å². The average Bonchev–Trinajstić information content (AvgIpc) is 2.54. The lowest BCUT2D eigenvalue weighted by atomic mass is 10.1. The first kappa shape index (κ1) is 18.4. The molecule has 0 amide bonds. The van der Waals surface area contributed by atoms with Gasteiger partial charge in [0.2, 0.25) is 0 Å². The Morgan fingerprint density at radius 1 is 1.17 bits per heavy atom. The van der Waals surface area contributed by atoms with Crippen LogP contribution in [0.2, 0.25) is 0 Å². The van der Waals surface area contributed by atoms with E-state index in [1.807, 2.05) is 0 Å². The highest BCUT2D eigenvalue weighted by Crippen LogP contribution is 2.26. The Bertz CT molecular complexity index is 477. The Morgan fingerprint density at radius 2 is 1.87 bits per heavy atom. The van der Waals surface area contributed by atoms with Gasteiger partial charge in [-0.2, -0.15) is 8.78 Å². The first-order valence-corrected chi connectivity index (χ1v) is 9.35. The number of thiocarbonyl (C=S) groups is 1. The molecule has 1 heterocycles. The molecule has 3 N–H and O–H groups in total. The molecule has 1 aliphatic rings. The first-order chi connectivity index (χ1) is 11.1. The van der Waals surface area contributed by atoms with Crippen LogP contribution >= 0.6 is 24.0 Å². The van der Waals surface area contributed by atoms with Gasteiger partial charge in [-0.05, 0) is 55.7 Å². The molecule has 23 heavy (non-hydrogen) atoms. The van der Waals surface area contributed by atoms with Crippen LogP contribution < -0.4 is 15.5 Å². The van der Waals surface area contributed by atoms with Crippen molar-refractivity contribution in [1.82, 2.24) is 5.32 Å². The molecule has 128 valence electrons. The van der Waals surface area contributed by atoms with Crippen LogP contribution in [-0.2, 0) is 0 Å². The van der Waals surface area contributed by atoms with E-state index in [9.17, 15) is 8.78 Å². The van der Waals surface area contributed by atoms with Gasteiger partial charge in [-0.1, -0.05) is 11.8 Å². The van der Waals surface area contributed by atoms with Crippen LogP contribution in [0.3, 0.4) is 0 Å². The van der Waals surface area contributed by atoms with Crippen molar-refractivity contribution in [2.45, 2.75) is 36.3 Å². The van der Waals surface area contributed by atoms with Gasteiger partial charge in [0.1, 0.15) is 0 Å². The summed E-state index contributed by atoms with van der Waals surface area (Å²) in [6, 6.07) is 6.86. The predicted octanol–water partition coefficient (Wildman–Crippen LogP) is 2.75. The summed E-state index contributed by atoms with van der Waals surface area (Å²) in [4.78, 5) is 2.25. The van der Waals surface area contributed by atoms with Crippen LogP contribution in [-0.4, -0.2) is 37.0 Å². The minimum Gasteiger partial charge on any atom is -0.362 e. The fourth-order valence-corrected chi connectivity index (χ4v) is 3.46. The fourth-order valence-electron chi connectivity index (χ4n) is 2.74. The van der Waals surface area contributed by atoms with Crippen molar-refractivity contribution in [3.63, 3.8) is 0 Å². The van der Waals surface area contributed by atoms with Crippen LogP contribution in [0, 0.1) is 0 Å². The number of hydrogen-bond acceptors (Lipinski definition) is 2. The number of halogens is 2. The summed E-state index contributed by atoms with van der Waals surface area (Å²) < 4.78 is 24.5. The van der Waals surface area contributed by atoms with E-state index < -0.39 is 5.76 Å². The number of likely N-dealkylation sites (tertiary alicyclic amines) is 1. The Morgan fingerprint density at radius 3 is 2.52 bits per heavy atom. The van der Waals surface area contributed by atoms with Crippen LogP contribution in [0.15, 0.2) is 29.2 Å². The molecule has 0 saturated carbocycles. The van der Waals surface area contributed by atoms with E-state index >= 15 is 0 Å². The summed E-state index contributed by atoms with van der Waals surface area (Å²) >= 11 is 5.80. The molecule has 0 unspecified atom stereocenters. The van der Waals surface area contributed by atoms with E-state index in [0.717, 1.165) is 18.7 Å². The van der Waals surface area contributed by atoms with Crippen LogP contribution in [0.4, 0.5) is 14.5 Å². The summed E-state index contributed by atoms with van der Waals surface area (Å²) in [5.41, 5.74) is 0.808. The Hall–Kier alpha value is -0.920. The minimum atomic E-state index is -2.39. The molecule has 1 saturated heterocycles. The molecule has 0 atom stereocenters. The number of rotatable bonds is 7. The molecule has 0 aromatic heterocycles. The van der Waals surface area contributed by atoms with E-state index in [1.165, 1.54) is 38.9 Å². The monoisotopic (exact) mass is 360 g/mol. The van der Waals surface area contributed by atoms with E-state index in [4.69, 9.17) is 12.2 Å². The second-order valence-corrected chi connectivity index (χ2v) is 7.17. The Kier molecular flexibility index (Phi) is 8.05. The maximum atomic E-state index is 12.3. The van der Waals surface area contributed by atoms with E-state index in [2.05, 4.69) is 10.6 Å². The lowest BCUT2D eigenvalue weighted by molar-refractivity contribution is -0.904. The topological polar surface area (TPSA) is 28.5 Å². The number of piperidine rings is 1. The third-order valence-corrected chi connectivity index (χ3v) is 4.86. The van der Waals surface area contributed by atoms with Gasteiger partial charge in [0.15, 0.2) is 5.11 Å². The highest BCUT2D eigenvalue weighted by Gasteiger charge is 2.12. The Labute approximate surface area is 146 Å². The molecule has 1 aromatic rings. The number of alkyl halides is 2. The summed E-state index contributed by atoms with van der Waals surface area (Å²) in [6.45, 7) is 4.64. The van der Waals surface area contributed by atoms with Crippen molar-refractivity contribution in [3.05, 3.63) is 24.3 Å². The predicted molar refractivity (Wildman–Crippen MR) is 96.6 cm³/mol. The first-order valence-electron chi connectivity index (χ1n) is 8.07. The summed E-state index contributed by atoms with van der Waals surface area (Å²) in [5.74, 6) is -2.39. The highest BCUT2D eigenvalue weighted by molar-refractivity contribution is 7.99. The zero-order valence-electron chi connectivity index (χ0n) is 13.1. The standard InChI is InChI=1S/C16H23F2N3S2/c17-15(18)23-14-7-5-13(6-8-14)20-16(22)19-9-4-12-21-10-2-1-3-11-21/h5-8,15H,1-4,9-12H2,(H2,19,20,22)/p+1. The smallest absolute Gasteiger partial charge is 0.288 e. The summed E-state index contributed by atoms with van der Waals surface area (Å²) in [5, 5.41) is 6.85. The molecular formula is C16H24F2N3S2+. The van der Waals surface area contributed by atoms with Crippen molar-refractivity contribution < 1.29 is 13.7 Å². The normalized spacial score (nSPS) is 15.6. The van der Waals surface area contributed by atoms with Gasteiger partial charge in [0.25, 0.3) is 5.76 Å². The molecule has 1 fully saturated rings. The molecule has 3 nitrogen and oxygen atoms in total. The molecule has 0 radical (unpaired) electrons. The van der Waals surface area contributed by atoms with E-state index in [1.54, 1.807) is 29.2 Å². The maximum Gasteiger partial charge on any atom is 0.288 e. The molecule has 1 aromatic carbocycles. The van der Waals surface area contributed by atoms with Crippen molar-refractivity contribution in [3.8, 4) is 0 Å². The molecule has 2 rings (SSSR count). The summed E-state index contributed by atoms with van der Waals surface area (Å²) in [7, 11) is 0. The fraction of sp³-hybridized carbons (Fsp3) is 0.562.